The Morgan fingerprint density at radius 3 is 1.35 bits per heavy atom. The molecule has 0 radical (unpaired) electrons. The summed E-state index contributed by atoms with van der Waals surface area (Å²) in [5.74, 6) is 0. The minimum absolute atomic E-state index is 0.205. The largest absolute Gasteiger partial charge is 0.330 e. The molecule has 0 aliphatic rings. The van der Waals surface area contributed by atoms with Crippen molar-refractivity contribution in [3.8, 4) is 0 Å². The van der Waals surface area contributed by atoms with Gasteiger partial charge in [0.2, 0.25) is 0 Å². The van der Waals surface area contributed by atoms with E-state index in [2.05, 4.69) is 24.3 Å². The molecule has 0 aliphatic heterocycles. The quantitative estimate of drug-likeness (QED) is 0.510. The van der Waals surface area contributed by atoms with Crippen LogP contribution in [0.15, 0.2) is 24.3 Å². The Morgan fingerprint density at radius 2 is 1.05 bits per heavy atom. The fourth-order valence-corrected chi connectivity index (χ4v) is 2.38. The van der Waals surface area contributed by atoms with Crippen molar-refractivity contribution in [2.75, 3.05) is 13.1 Å². The van der Waals surface area contributed by atoms with Gasteiger partial charge in [0, 0.05) is 12.1 Å². The Hall–Kier alpha value is -0.940. The minimum Gasteiger partial charge on any atom is -0.330 e. The molecule has 0 fully saturated rings. The first-order chi connectivity index (χ1) is 9.65. The van der Waals surface area contributed by atoms with E-state index in [-0.39, 0.29) is 12.1 Å². The highest BCUT2D eigenvalue weighted by Gasteiger charge is 2.06. The van der Waals surface area contributed by atoms with Gasteiger partial charge in [-0.2, -0.15) is 0 Å². The molecule has 4 nitrogen and oxygen atoms in total. The Bertz CT molecular complexity index is 315. The lowest BCUT2D eigenvalue weighted by molar-refractivity contribution is 0.581. The highest BCUT2D eigenvalue weighted by Crippen LogP contribution is 2.11. The SMILES string of the molecule is NCCCC(N)Cc1ccc(CC(N)CCCN)cc1. The standard InChI is InChI=1S/C16H30N4/c17-9-1-3-15(19)11-13-5-7-14(8-6-13)12-16(20)4-2-10-18/h5-8,15-16H,1-4,9-12,17-20H2. The van der Waals surface area contributed by atoms with Crippen molar-refractivity contribution in [2.24, 2.45) is 22.9 Å². The molecular formula is C16H30N4. The van der Waals surface area contributed by atoms with Gasteiger partial charge in [0.25, 0.3) is 0 Å². The van der Waals surface area contributed by atoms with E-state index in [1.54, 1.807) is 0 Å². The van der Waals surface area contributed by atoms with E-state index in [1.807, 2.05) is 0 Å². The molecule has 0 amide bonds. The van der Waals surface area contributed by atoms with Crippen molar-refractivity contribution < 1.29 is 0 Å². The second kappa shape index (κ2) is 9.88. The highest BCUT2D eigenvalue weighted by atomic mass is 14.6. The molecule has 20 heavy (non-hydrogen) atoms. The lowest BCUT2D eigenvalue weighted by Crippen LogP contribution is -2.24. The van der Waals surface area contributed by atoms with E-state index >= 15 is 0 Å². The molecule has 2 atom stereocenters. The molecule has 2 unspecified atom stereocenters. The van der Waals surface area contributed by atoms with Gasteiger partial charge in [-0.25, -0.2) is 0 Å². The Balaban J connectivity index is 2.39. The van der Waals surface area contributed by atoms with Gasteiger partial charge in [-0.3, -0.25) is 0 Å². The van der Waals surface area contributed by atoms with Crippen LogP contribution in [0.4, 0.5) is 0 Å². The third-order valence-electron chi connectivity index (χ3n) is 3.58. The first-order valence-electron chi connectivity index (χ1n) is 7.64. The van der Waals surface area contributed by atoms with Crippen LogP contribution in [0, 0.1) is 0 Å². The summed E-state index contributed by atoms with van der Waals surface area (Å²) in [7, 11) is 0. The van der Waals surface area contributed by atoms with Gasteiger partial charge in [-0.05, 0) is 62.7 Å². The predicted molar refractivity (Wildman–Crippen MR) is 86.4 cm³/mol. The predicted octanol–water partition coefficient (Wildman–Crippen LogP) is 0.904. The molecule has 8 N–H and O–H groups in total. The van der Waals surface area contributed by atoms with Crippen LogP contribution in [0.2, 0.25) is 0 Å². The number of hydrogen-bond acceptors (Lipinski definition) is 4. The fraction of sp³-hybridized carbons (Fsp3) is 0.625. The molecule has 0 bridgehead atoms. The van der Waals surface area contributed by atoms with E-state index in [0.29, 0.717) is 13.1 Å². The maximum absolute atomic E-state index is 6.08. The third-order valence-corrected chi connectivity index (χ3v) is 3.58. The molecule has 0 spiro atoms. The zero-order valence-electron chi connectivity index (χ0n) is 12.4. The van der Waals surface area contributed by atoms with E-state index < -0.39 is 0 Å². The molecule has 0 heterocycles. The Morgan fingerprint density at radius 1 is 0.700 bits per heavy atom. The highest BCUT2D eigenvalue weighted by molar-refractivity contribution is 5.24. The van der Waals surface area contributed by atoms with Crippen LogP contribution in [0.5, 0.6) is 0 Å². The second-order valence-corrected chi connectivity index (χ2v) is 5.61. The summed E-state index contributed by atoms with van der Waals surface area (Å²) >= 11 is 0. The van der Waals surface area contributed by atoms with Gasteiger partial charge in [-0.15, -0.1) is 0 Å². The fourth-order valence-electron chi connectivity index (χ4n) is 2.38. The summed E-state index contributed by atoms with van der Waals surface area (Å²) in [4.78, 5) is 0. The molecule has 1 aromatic rings. The molecular weight excluding hydrogens is 248 g/mol. The van der Waals surface area contributed by atoms with Crippen LogP contribution < -0.4 is 22.9 Å². The molecule has 0 aliphatic carbocycles. The van der Waals surface area contributed by atoms with Crippen molar-refractivity contribution in [2.45, 2.75) is 50.6 Å². The average Bonchev–Trinajstić information content (AvgIpc) is 2.45. The molecule has 1 aromatic carbocycles. The van der Waals surface area contributed by atoms with Crippen LogP contribution in [-0.2, 0) is 12.8 Å². The van der Waals surface area contributed by atoms with E-state index in [1.165, 1.54) is 11.1 Å². The summed E-state index contributed by atoms with van der Waals surface area (Å²) in [6.45, 7) is 1.43. The monoisotopic (exact) mass is 278 g/mol. The zero-order valence-corrected chi connectivity index (χ0v) is 12.4. The first kappa shape index (κ1) is 17.1. The van der Waals surface area contributed by atoms with Crippen molar-refractivity contribution in [1.29, 1.82) is 0 Å². The number of benzene rings is 1. The number of hydrogen-bond donors (Lipinski definition) is 4. The minimum atomic E-state index is 0.205. The topological polar surface area (TPSA) is 104 Å². The Kier molecular flexibility index (Phi) is 8.46. The van der Waals surface area contributed by atoms with Crippen molar-refractivity contribution in [3.05, 3.63) is 35.4 Å². The molecule has 114 valence electrons. The maximum Gasteiger partial charge on any atom is 0.00797 e. The smallest absolute Gasteiger partial charge is 0.00797 e. The average molecular weight is 278 g/mol. The summed E-state index contributed by atoms with van der Waals surface area (Å²) in [5.41, 5.74) is 25.7. The summed E-state index contributed by atoms with van der Waals surface area (Å²) in [6.07, 6.45) is 5.80. The molecule has 0 saturated carbocycles. The van der Waals surface area contributed by atoms with Crippen LogP contribution in [-0.4, -0.2) is 25.2 Å². The first-order valence-corrected chi connectivity index (χ1v) is 7.64. The van der Waals surface area contributed by atoms with Crippen LogP contribution in [0.3, 0.4) is 0 Å². The van der Waals surface area contributed by atoms with Gasteiger partial charge >= 0.3 is 0 Å². The van der Waals surface area contributed by atoms with Gasteiger partial charge < -0.3 is 22.9 Å². The van der Waals surface area contributed by atoms with Gasteiger partial charge in [0.15, 0.2) is 0 Å². The second-order valence-electron chi connectivity index (χ2n) is 5.61. The normalized spacial score (nSPS) is 14.2. The lowest BCUT2D eigenvalue weighted by Gasteiger charge is -2.13. The van der Waals surface area contributed by atoms with Gasteiger partial charge in [0.05, 0.1) is 0 Å². The molecule has 0 saturated heterocycles. The van der Waals surface area contributed by atoms with Gasteiger partial charge in [-0.1, -0.05) is 24.3 Å². The van der Waals surface area contributed by atoms with E-state index in [4.69, 9.17) is 22.9 Å². The van der Waals surface area contributed by atoms with Crippen LogP contribution in [0.1, 0.15) is 36.8 Å². The molecule has 1 rings (SSSR count). The Labute approximate surface area is 122 Å². The van der Waals surface area contributed by atoms with Crippen molar-refractivity contribution >= 4 is 0 Å². The zero-order chi connectivity index (χ0) is 14.8. The van der Waals surface area contributed by atoms with Gasteiger partial charge in [0.1, 0.15) is 0 Å². The van der Waals surface area contributed by atoms with E-state index in [9.17, 15) is 0 Å². The molecule has 4 heteroatoms. The van der Waals surface area contributed by atoms with Crippen molar-refractivity contribution in [3.63, 3.8) is 0 Å². The van der Waals surface area contributed by atoms with Crippen LogP contribution in [0.25, 0.3) is 0 Å². The molecule has 0 aromatic heterocycles. The summed E-state index contributed by atoms with van der Waals surface area (Å²) in [5, 5.41) is 0. The maximum atomic E-state index is 6.08. The lowest BCUT2D eigenvalue weighted by atomic mass is 9.98. The van der Waals surface area contributed by atoms with Crippen molar-refractivity contribution in [1.82, 2.24) is 0 Å². The number of rotatable bonds is 10. The van der Waals surface area contributed by atoms with E-state index in [0.717, 1.165) is 38.5 Å². The number of nitrogens with two attached hydrogens (primary N) is 4. The summed E-state index contributed by atoms with van der Waals surface area (Å²) < 4.78 is 0. The summed E-state index contributed by atoms with van der Waals surface area (Å²) in [6, 6.07) is 9.05. The van der Waals surface area contributed by atoms with Crippen LogP contribution >= 0.6 is 0 Å². The third kappa shape index (κ3) is 7.01.